The van der Waals surface area contributed by atoms with Crippen LogP contribution in [0.2, 0.25) is 0 Å². The van der Waals surface area contributed by atoms with E-state index in [-0.39, 0.29) is 23.8 Å². The molecule has 2 atom stereocenters. The standard InChI is InChI=1S/C11H19NO2/c1-8-6-12(7-10(8)13)11(14)9-4-2-3-5-9/h8-10,13H,2-7H2,1H3. The van der Waals surface area contributed by atoms with Crippen LogP contribution in [0, 0.1) is 11.8 Å². The van der Waals surface area contributed by atoms with Gasteiger partial charge in [0.2, 0.25) is 5.91 Å². The molecule has 2 fully saturated rings. The Kier molecular flexibility index (Phi) is 2.77. The van der Waals surface area contributed by atoms with Gasteiger partial charge in [-0.3, -0.25) is 4.79 Å². The van der Waals surface area contributed by atoms with Crippen molar-refractivity contribution in [1.82, 2.24) is 4.90 Å². The van der Waals surface area contributed by atoms with Crippen molar-refractivity contribution < 1.29 is 9.90 Å². The molecule has 3 nitrogen and oxygen atoms in total. The fourth-order valence-corrected chi connectivity index (χ4v) is 2.56. The topological polar surface area (TPSA) is 40.5 Å². The molecule has 1 heterocycles. The molecule has 2 rings (SSSR count). The van der Waals surface area contributed by atoms with Crippen molar-refractivity contribution in [3.8, 4) is 0 Å². The largest absolute Gasteiger partial charge is 0.391 e. The number of aliphatic hydroxyl groups is 1. The highest BCUT2D eigenvalue weighted by Gasteiger charge is 2.34. The quantitative estimate of drug-likeness (QED) is 0.681. The summed E-state index contributed by atoms with van der Waals surface area (Å²) >= 11 is 0. The van der Waals surface area contributed by atoms with Crippen LogP contribution in [0.3, 0.4) is 0 Å². The van der Waals surface area contributed by atoms with Crippen molar-refractivity contribution >= 4 is 5.91 Å². The third kappa shape index (κ3) is 1.78. The molecule has 1 N–H and O–H groups in total. The Bertz CT molecular complexity index is 213. The van der Waals surface area contributed by atoms with E-state index in [0.717, 1.165) is 19.4 Å². The Labute approximate surface area is 85.1 Å². The fraction of sp³-hybridized carbons (Fsp3) is 0.909. The van der Waals surface area contributed by atoms with E-state index >= 15 is 0 Å². The molecule has 0 aromatic heterocycles. The summed E-state index contributed by atoms with van der Waals surface area (Å²) in [5.41, 5.74) is 0. The van der Waals surface area contributed by atoms with Gasteiger partial charge in [-0.15, -0.1) is 0 Å². The first-order valence-electron chi connectivity index (χ1n) is 5.65. The molecule has 2 unspecified atom stereocenters. The maximum atomic E-state index is 12.0. The molecule has 1 saturated heterocycles. The summed E-state index contributed by atoms with van der Waals surface area (Å²) in [4.78, 5) is 13.8. The number of hydrogen-bond donors (Lipinski definition) is 1. The third-order valence-electron chi connectivity index (χ3n) is 3.59. The molecule has 0 aromatic rings. The molecule has 14 heavy (non-hydrogen) atoms. The highest BCUT2D eigenvalue weighted by atomic mass is 16.3. The number of aliphatic hydroxyl groups excluding tert-OH is 1. The fourth-order valence-electron chi connectivity index (χ4n) is 2.56. The van der Waals surface area contributed by atoms with Crippen LogP contribution in [0.4, 0.5) is 0 Å². The molecule has 0 aromatic carbocycles. The van der Waals surface area contributed by atoms with Crippen LogP contribution in [-0.2, 0) is 4.79 Å². The molecule has 0 spiro atoms. The van der Waals surface area contributed by atoms with Gasteiger partial charge in [-0.25, -0.2) is 0 Å². The van der Waals surface area contributed by atoms with Gasteiger partial charge in [0.15, 0.2) is 0 Å². The zero-order valence-corrected chi connectivity index (χ0v) is 8.78. The first-order chi connectivity index (χ1) is 6.68. The van der Waals surface area contributed by atoms with Crippen LogP contribution in [0.25, 0.3) is 0 Å². The second-order valence-corrected chi connectivity index (χ2v) is 4.77. The molecule has 0 radical (unpaired) electrons. The Morgan fingerprint density at radius 2 is 1.93 bits per heavy atom. The average Bonchev–Trinajstić information content (AvgIpc) is 2.76. The summed E-state index contributed by atoms with van der Waals surface area (Å²) < 4.78 is 0. The average molecular weight is 197 g/mol. The van der Waals surface area contributed by atoms with Gasteiger partial charge in [0.25, 0.3) is 0 Å². The lowest BCUT2D eigenvalue weighted by Gasteiger charge is -2.19. The van der Waals surface area contributed by atoms with Crippen molar-refractivity contribution in [2.24, 2.45) is 11.8 Å². The van der Waals surface area contributed by atoms with E-state index in [1.165, 1.54) is 12.8 Å². The SMILES string of the molecule is CC1CN(C(=O)C2CCCC2)CC1O. The van der Waals surface area contributed by atoms with Crippen LogP contribution in [0.5, 0.6) is 0 Å². The number of carbonyl (C=O) groups excluding carboxylic acids is 1. The molecule has 0 bridgehead atoms. The highest BCUT2D eigenvalue weighted by Crippen LogP contribution is 2.28. The van der Waals surface area contributed by atoms with E-state index in [4.69, 9.17) is 0 Å². The van der Waals surface area contributed by atoms with Crippen molar-refractivity contribution in [2.45, 2.75) is 38.7 Å². The van der Waals surface area contributed by atoms with Gasteiger partial charge in [-0.05, 0) is 12.8 Å². The van der Waals surface area contributed by atoms with Crippen molar-refractivity contribution in [3.05, 3.63) is 0 Å². The van der Waals surface area contributed by atoms with E-state index in [0.29, 0.717) is 6.54 Å². The first-order valence-corrected chi connectivity index (χ1v) is 5.65. The van der Waals surface area contributed by atoms with Gasteiger partial charge in [-0.1, -0.05) is 19.8 Å². The zero-order valence-electron chi connectivity index (χ0n) is 8.78. The Balaban J connectivity index is 1.92. The maximum Gasteiger partial charge on any atom is 0.225 e. The van der Waals surface area contributed by atoms with Gasteiger partial charge in [0.05, 0.1) is 6.10 Å². The minimum atomic E-state index is -0.305. The molecule has 1 saturated carbocycles. The molecule has 3 heteroatoms. The molecule has 1 aliphatic heterocycles. The minimum absolute atomic E-state index is 0.250. The van der Waals surface area contributed by atoms with Gasteiger partial charge < -0.3 is 10.0 Å². The van der Waals surface area contributed by atoms with E-state index in [1.54, 1.807) is 0 Å². The molecule has 2 aliphatic rings. The predicted octanol–water partition coefficient (Wildman–Crippen LogP) is 1.02. The number of carbonyl (C=O) groups is 1. The van der Waals surface area contributed by atoms with Crippen LogP contribution in [0.1, 0.15) is 32.6 Å². The number of likely N-dealkylation sites (tertiary alicyclic amines) is 1. The zero-order chi connectivity index (χ0) is 10.1. The van der Waals surface area contributed by atoms with Crippen molar-refractivity contribution in [3.63, 3.8) is 0 Å². The van der Waals surface area contributed by atoms with Gasteiger partial charge in [-0.2, -0.15) is 0 Å². The lowest BCUT2D eigenvalue weighted by molar-refractivity contribution is -0.134. The van der Waals surface area contributed by atoms with Crippen LogP contribution >= 0.6 is 0 Å². The van der Waals surface area contributed by atoms with E-state index < -0.39 is 0 Å². The summed E-state index contributed by atoms with van der Waals surface area (Å²) in [6.45, 7) is 3.31. The molecule has 1 aliphatic carbocycles. The number of amides is 1. The number of β-amino-alcohol motifs (C(OH)–C–C–N with tert-alkyl or cyclic N) is 1. The first kappa shape index (κ1) is 9.97. The summed E-state index contributed by atoms with van der Waals surface area (Å²) in [6, 6.07) is 0. The summed E-state index contributed by atoms with van der Waals surface area (Å²) in [5.74, 6) is 0.791. The Morgan fingerprint density at radius 1 is 1.29 bits per heavy atom. The van der Waals surface area contributed by atoms with Gasteiger partial charge >= 0.3 is 0 Å². The number of rotatable bonds is 1. The second-order valence-electron chi connectivity index (χ2n) is 4.77. The molecule has 1 amide bonds. The highest BCUT2D eigenvalue weighted by molar-refractivity contribution is 5.79. The van der Waals surface area contributed by atoms with Crippen LogP contribution in [-0.4, -0.2) is 35.1 Å². The predicted molar refractivity (Wildman–Crippen MR) is 53.7 cm³/mol. The minimum Gasteiger partial charge on any atom is -0.391 e. The molecular weight excluding hydrogens is 178 g/mol. The van der Waals surface area contributed by atoms with E-state index in [1.807, 2.05) is 11.8 Å². The lowest BCUT2D eigenvalue weighted by atomic mass is 10.1. The van der Waals surface area contributed by atoms with Gasteiger partial charge in [0.1, 0.15) is 0 Å². The smallest absolute Gasteiger partial charge is 0.225 e. The number of nitrogens with zero attached hydrogens (tertiary/aromatic N) is 1. The van der Waals surface area contributed by atoms with Crippen LogP contribution in [0.15, 0.2) is 0 Å². The monoisotopic (exact) mass is 197 g/mol. The van der Waals surface area contributed by atoms with Crippen molar-refractivity contribution in [2.75, 3.05) is 13.1 Å². The van der Waals surface area contributed by atoms with E-state index in [9.17, 15) is 9.90 Å². The number of hydrogen-bond acceptors (Lipinski definition) is 2. The Morgan fingerprint density at radius 3 is 2.43 bits per heavy atom. The molecule has 80 valence electrons. The summed E-state index contributed by atoms with van der Waals surface area (Å²) in [6.07, 6.45) is 4.20. The summed E-state index contributed by atoms with van der Waals surface area (Å²) in [5, 5.41) is 9.57. The van der Waals surface area contributed by atoms with Crippen LogP contribution < -0.4 is 0 Å². The maximum absolute atomic E-state index is 12.0. The van der Waals surface area contributed by atoms with Gasteiger partial charge in [0, 0.05) is 24.9 Å². The normalized spacial score (nSPS) is 34.0. The summed E-state index contributed by atoms with van der Waals surface area (Å²) in [7, 11) is 0. The molecular formula is C11H19NO2. The third-order valence-corrected chi connectivity index (χ3v) is 3.59. The lowest BCUT2D eigenvalue weighted by Crippen LogP contribution is -2.34. The second kappa shape index (κ2) is 3.89. The van der Waals surface area contributed by atoms with E-state index in [2.05, 4.69) is 0 Å². The Hall–Kier alpha value is -0.570. The van der Waals surface area contributed by atoms with Crippen molar-refractivity contribution in [1.29, 1.82) is 0 Å².